The molecule has 9 heteroatoms. The molecule has 1 saturated heterocycles. The van der Waals surface area contributed by atoms with Crippen molar-refractivity contribution in [2.45, 2.75) is 24.9 Å². The summed E-state index contributed by atoms with van der Waals surface area (Å²) in [5.41, 5.74) is -2.96. The first-order valence-electron chi connectivity index (χ1n) is 7.61. The summed E-state index contributed by atoms with van der Waals surface area (Å²) in [6, 6.07) is 3.56. The van der Waals surface area contributed by atoms with Crippen LogP contribution in [0.1, 0.15) is 24.3 Å². The molecule has 1 aliphatic carbocycles. The van der Waals surface area contributed by atoms with Crippen molar-refractivity contribution >= 4 is 11.9 Å². The van der Waals surface area contributed by atoms with Crippen LogP contribution < -0.4 is 0 Å². The third-order valence-electron chi connectivity index (χ3n) is 5.02. The number of carbonyl (C=O) groups excluding carboxylic acids is 1. The number of carboxylic acids is 1. The summed E-state index contributed by atoms with van der Waals surface area (Å²) in [6.07, 6.45) is -5.50. The molecular weight excluding hydrogens is 349 g/mol. The first kappa shape index (κ1) is 17.6. The SMILES string of the molecule is O=C(C1CC1c1cccc(F)c1F)N1CCC(C(=O)O)(C(F)(F)F)C1. The van der Waals surface area contributed by atoms with E-state index >= 15 is 0 Å². The number of likely N-dealkylation sites (tertiary alicyclic amines) is 1. The van der Waals surface area contributed by atoms with Gasteiger partial charge < -0.3 is 10.0 Å². The predicted molar refractivity (Wildman–Crippen MR) is 74.5 cm³/mol. The fraction of sp³-hybridized carbons (Fsp3) is 0.500. The first-order chi connectivity index (χ1) is 11.6. The Balaban J connectivity index is 1.74. The number of hydrogen-bond donors (Lipinski definition) is 1. The maximum absolute atomic E-state index is 13.8. The number of halogens is 5. The Hall–Kier alpha value is -2.19. The highest BCUT2D eigenvalue weighted by Gasteiger charge is 2.65. The Morgan fingerprint density at radius 3 is 2.48 bits per heavy atom. The number of amides is 1. The van der Waals surface area contributed by atoms with E-state index in [1.165, 1.54) is 12.1 Å². The van der Waals surface area contributed by atoms with Crippen molar-refractivity contribution in [2.24, 2.45) is 11.3 Å². The first-order valence-corrected chi connectivity index (χ1v) is 7.61. The third kappa shape index (κ3) is 2.75. The van der Waals surface area contributed by atoms with Crippen molar-refractivity contribution < 1.29 is 36.6 Å². The summed E-state index contributed by atoms with van der Waals surface area (Å²) < 4.78 is 66.5. The molecule has 3 atom stereocenters. The topological polar surface area (TPSA) is 57.6 Å². The molecule has 1 heterocycles. The van der Waals surface area contributed by atoms with E-state index in [-0.39, 0.29) is 18.5 Å². The van der Waals surface area contributed by atoms with Gasteiger partial charge in [-0.25, -0.2) is 8.78 Å². The zero-order valence-corrected chi connectivity index (χ0v) is 12.8. The van der Waals surface area contributed by atoms with Crippen LogP contribution in [0.4, 0.5) is 22.0 Å². The number of rotatable bonds is 3. The maximum Gasteiger partial charge on any atom is 0.406 e. The number of aliphatic carboxylic acids is 1. The highest BCUT2D eigenvalue weighted by molar-refractivity contribution is 5.85. The van der Waals surface area contributed by atoms with Crippen LogP contribution in [-0.4, -0.2) is 41.1 Å². The fourth-order valence-corrected chi connectivity index (χ4v) is 3.38. The molecule has 0 radical (unpaired) electrons. The number of carbonyl (C=O) groups is 2. The number of nitrogens with zero attached hydrogens (tertiary/aromatic N) is 1. The third-order valence-corrected chi connectivity index (χ3v) is 5.02. The lowest BCUT2D eigenvalue weighted by atomic mass is 9.86. The molecule has 2 aliphatic rings. The van der Waals surface area contributed by atoms with E-state index in [0.717, 1.165) is 11.0 Å². The van der Waals surface area contributed by atoms with E-state index in [1.807, 2.05) is 0 Å². The molecule has 1 aliphatic heterocycles. The zero-order valence-electron chi connectivity index (χ0n) is 12.8. The summed E-state index contributed by atoms with van der Waals surface area (Å²) in [5.74, 6) is -6.15. The summed E-state index contributed by atoms with van der Waals surface area (Å²) in [4.78, 5) is 24.4. The fourth-order valence-electron chi connectivity index (χ4n) is 3.38. The molecule has 136 valence electrons. The average Bonchev–Trinajstić information content (AvgIpc) is 3.16. The molecule has 4 nitrogen and oxygen atoms in total. The van der Waals surface area contributed by atoms with Gasteiger partial charge in [0, 0.05) is 19.0 Å². The van der Waals surface area contributed by atoms with Crippen LogP contribution in [-0.2, 0) is 9.59 Å². The van der Waals surface area contributed by atoms with Crippen LogP contribution in [0, 0.1) is 23.0 Å². The van der Waals surface area contributed by atoms with Crippen LogP contribution in [0.5, 0.6) is 0 Å². The molecule has 1 amide bonds. The average molecular weight is 363 g/mol. The van der Waals surface area contributed by atoms with Crippen molar-refractivity contribution in [2.75, 3.05) is 13.1 Å². The highest BCUT2D eigenvalue weighted by atomic mass is 19.4. The normalized spacial score (nSPS) is 28.9. The van der Waals surface area contributed by atoms with Crippen LogP contribution in [0.15, 0.2) is 18.2 Å². The van der Waals surface area contributed by atoms with Crippen molar-refractivity contribution in [3.8, 4) is 0 Å². The summed E-state index contributed by atoms with van der Waals surface area (Å²) in [7, 11) is 0. The van der Waals surface area contributed by atoms with Gasteiger partial charge in [0.2, 0.25) is 5.91 Å². The van der Waals surface area contributed by atoms with E-state index in [4.69, 9.17) is 5.11 Å². The molecule has 2 fully saturated rings. The molecule has 1 saturated carbocycles. The van der Waals surface area contributed by atoms with Crippen molar-refractivity contribution in [3.63, 3.8) is 0 Å². The molecule has 1 aromatic rings. The summed E-state index contributed by atoms with van der Waals surface area (Å²) in [5, 5.41) is 9.00. The second-order valence-corrected chi connectivity index (χ2v) is 6.49. The molecule has 1 N–H and O–H groups in total. The van der Waals surface area contributed by atoms with Crippen LogP contribution in [0.2, 0.25) is 0 Å². The standard InChI is InChI=1S/C16H14F5NO3/c17-11-3-1-2-8(12(11)18)9-6-10(9)13(23)22-5-4-15(7-22,14(24)25)16(19,20)21/h1-3,9-10H,4-7H2,(H,24,25). The van der Waals surface area contributed by atoms with E-state index in [0.29, 0.717) is 0 Å². The Morgan fingerprint density at radius 1 is 1.24 bits per heavy atom. The lowest BCUT2D eigenvalue weighted by molar-refractivity contribution is -0.227. The monoisotopic (exact) mass is 363 g/mol. The van der Waals surface area contributed by atoms with Gasteiger partial charge in [-0.1, -0.05) is 12.1 Å². The van der Waals surface area contributed by atoms with Gasteiger partial charge in [0.15, 0.2) is 17.0 Å². The van der Waals surface area contributed by atoms with Gasteiger partial charge in [-0.2, -0.15) is 13.2 Å². The molecule has 1 aromatic carbocycles. The van der Waals surface area contributed by atoms with E-state index < -0.39 is 59.9 Å². The Kier molecular flexibility index (Phi) is 4.00. The van der Waals surface area contributed by atoms with Gasteiger partial charge in [-0.15, -0.1) is 0 Å². The maximum atomic E-state index is 13.8. The highest BCUT2D eigenvalue weighted by Crippen LogP contribution is 2.52. The Bertz CT molecular complexity index is 735. The number of carboxylic acid groups (broad SMARTS) is 1. The van der Waals surface area contributed by atoms with E-state index in [1.54, 1.807) is 0 Å². The van der Waals surface area contributed by atoms with Gasteiger partial charge >= 0.3 is 12.1 Å². The summed E-state index contributed by atoms with van der Waals surface area (Å²) in [6.45, 7) is -1.29. The second kappa shape index (κ2) is 5.67. The number of benzene rings is 1. The molecular formula is C16H14F5NO3. The van der Waals surface area contributed by atoms with Gasteiger partial charge in [-0.3, -0.25) is 9.59 Å². The predicted octanol–water partition coefficient (Wildman–Crippen LogP) is 2.93. The molecule has 3 rings (SSSR count). The summed E-state index contributed by atoms with van der Waals surface area (Å²) >= 11 is 0. The van der Waals surface area contributed by atoms with Gasteiger partial charge in [0.1, 0.15) is 0 Å². The quantitative estimate of drug-likeness (QED) is 0.841. The molecule has 3 unspecified atom stereocenters. The Morgan fingerprint density at radius 2 is 1.92 bits per heavy atom. The Labute approximate surface area is 139 Å². The van der Waals surface area contributed by atoms with Crippen LogP contribution in [0.25, 0.3) is 0 Å². The van der Waals surface area contributed by atoms with Crippen molar-refractivity contribution in [1.29, 1.82) is 0 Å². The van der Waals surface area contributed by atoms with Gasteiger partial charge in [-0.05, 0) is 30.4 Å². The molecule has 0 bridgehead atoms. The minimum absolute atomic E-state index is 0.0119. The van der Waals surface area contributed by atoms with E-state index in [9.17, 15) is 31.5 Å². The van der Waals surface area contributed by atoms with Crippen LogP contribution >= 0.6 is 0 Å². The molecule has 0 aromatic heterocycles. The van der Waals surface area contributed by atoms with Crippen molar-refractivity contribution in [1.82, 2.24) is 4.90 Å². The molecule has 0 spiro atoms. The lowest BCUT2D eigenvalue weighted by Gasteiger charge is -2.27. The largest absolute Gasteiger partial charge is 0.481 e. The smallest absolute Gasteiger partial charge is 0.406 e. The van der Waals surface area contributed by atoms with E-state index in [2.05, 4.69) is 0 Å². The zero-order chi connectivity index (χ0) is 18.6. The van der Waals surface area contributed by atoms with Gasteiger partial charge in [0.25, 0.3) is 0 Å². The minimum Gasteiger partial charge on any atom is -0.481 e. The lowest BCUT2D eigenvalue weighted by Crippen LogP contribution is -2.48. The molecule has 25 heavy (non-hydrogen) atoms. The van der Waals surface area contributed by atoms with Crippen molar-refractivity contribution in [3.05, 3.63) is 35.4 Å². The second-order valence-electron chi connectivity index (χ2n) is 6.49. The minimum atomic E-state index is -4.98. The number of hydrogen-bond acceptors (Lipinski definition) is 2. The van der Waals surface area contributed by atoms with Gasteiger partial charge in [0.05, 0.1) is 0 Å². The number of alkyl halides is 3. The van der Waals surface area contributed by atoms with Crippen LogP contribution in [0.3, 0.4) is 0 Å².